The lowest BCUT2D eigenvalue weighted by molar-refractivity contribution is -0.123. The largest absolute Gasteiger partial charge is 0.482 e. The van der Waals surface area contributed by atoms with Gasteiger partial charge in [-0.25, -0.2) is 8.42 Å². The van der Waals surface area contributed by atoms with Gasteiger partial charge in [-0.3, -0.25) is 4.79 Å². The smallest absolute Gasteiger partial charge is 0.265 e. The highest BCUT2D eigenvalue weighted by Gasteiger charge is 2.24. The standard InChI is InChI=1S/C13H16ClNO4S/c1-8-5-9(2)13(11(6-8)20(14,17)18)19-7-12(16)15-10-3-4-10/h5-6,10H,3-4,7H2,1-2H3,(H,15,16). The van der Waals surface area contributed by atoms with Gasteiger partial charge in [-0.05, 0) is 43.9 Å². The molecular formula is C13H16ClNO4S. The minimum atomic E-state index is -3.92. The highest BCUT2D eigenvalue weighted by molar-refractivity contribution is 8.13. The molecule has 0 spiro atoms. The van der Waals surface area contributed by atoms with Crippen LogP contribution >= 0.6 is 10.7 Å². The molecule has 1 aliphatic rings. The van der Waals surface area contributed by atoms with Gasteiger partial charge in [0.05, 0.1) is 0 Å². The second kappa shape index (κ2) is 5.61. The zero-order valence-electron chi connectivity index (χ0n) is 11.3. The van der Waals surface area contributed by atoms with E-state index in [9.17, 15) is 13.2 Å². The molecule has 1 saturated carbocycles. The van der Waals surface area contributed by atoms with Crippen LogP contribution in [0, 0.1) is 13.8 Å². The Morgan fingerprint density at radius 1 is 1.40 bits per heavy atom. The quantitative estimate of drug-likeness (QED) is 0.842. The molecule has 0 heterocycles. The van der Waals surface area contributed by atoms with Crippen molar-refractivity contribution in [3.63, 3.8) is 0 Å². The van der Waals surface area contributed by atoms with Crippen molar-refractivity contribution in [3.8, 4) is 5.75 Å². The monoisotopic (exact) mass is 317 g/mol. The normalized spacial score (nSPS) is 14.9. The molecule has 110 valence electrons. The van der Waals surface area contributed by atoms with Gasteiger partial charge in [0.1, 0.15) is 10.6 Å². The van der Waals surface area contributed by atoms with Crippen LogP contribution in [-0.4, -0.2) is 27.0 Å². The van der Waals surface area contributed by atoms with Gasteiger partial charge < -0.3 is 10.1 Å². The van der Waals surface area contributed by atoms with Crippen LogP contribution in [0.5, 0.6) is 5.75 Å². The maximum absolute atomic E-state index is 11.6. The summed E-state index contributed by atoms with van der Waals surface area (Å²) in [6.07, 6.45) is 1.97. The molecule has 0 saturated heterocycles. The van der Waals surface area contributed by atoms with E-state index in [-0.39, 0.29) is 29.2 Å². The third-order valence-corrected chi connectivity index (χ3v) is 4.26. The maximum Gasteiger partial charge on any atom is 0.265 e. The van der Waals surface area contributed by atoms with Crippen LogP contribution in [0.3, 0.4) is 0 Å². The molecular weight excluding hydrogens is 302 g/mol. The van der Waals surface area contributed by atoms with Crippen molar-refractivity contribution in [2.24, 2.45) is 0 Å². The number of halogens is 1. The molecule has 5 nitrogen and oxygen atoms in total. The lowest BCUT2D eigenvalue weighted by Crippen LogP contribution is -2.30. The number of benzene rings is 1. The molecule has 20 heavy (non-hydrogen) atoms. The Hall–Kier alpha value is -1.27. The number of nitrogens with one attached hydrogen (secondary N) is 1. The van der Waals surface area contributed by atoms with Gasteiger partial charge in [-0.15, -0.1) is 0 Å². The Kier molecular flexibility index (Phi) is 4.25. The maximum atomic E-state index is 11.6. The lowest BCUT2D eigenvalue weighted by Gasteiger charge is -2.13. The zero-order chi connectivity index (χ0) is 14.9. The number of ether oxygens (including phenoxy) is 1. The average Bonchev–Trinajstić information content (AvgIpc) is 3.09. The summed E-state index contributed by atoms with van der Waals surface area (Å²) in [6, 6.07) is 3.45. The summed E-state index contributed by atoms with van der Waals surface area (Å²) in [5.74, 6) is -0.123. The van der Waals surface area contributed by atoms with Crippen molar-refractivity contribution >= 4 is 25.6 Å². The van der Waals surface area contributed by atoms with Crippen LogP contribution in [0.15, 0.2) is 17.0 Å². The summed E-state index contributed by atoms with van der Waals surface area (Å²) in [5.41, 5.74) is 1.39. The van der Waals surface area contributed by atoms with E-state index < -0.39 is 9.05 Å². The first-order chi connectivity index (χ1) is 9.27. The highest BCUT2D eigenvalue weighted by Crippen LogP contribution is 2.31. The topological polar surface area (TPSA) is 72.5 Å². The van der Waals surface area contributed by atoms with Gasteiger partial charge in [0.2, 0.25) is 0 Å². The van der Waals surface area contributed by atoms with E-state index in [1.54, 1.807) is 19.9 Å². The molecule has 1 N–H and O–H groups in total. The molecule has 1 fully saturated rings. The van der Waals surface area contributed by atoms with E-state index in [1.807, 2.05) is 0 Å². The summed E-state index contributed by atoms with van der Waals surface area (Å²) < 4.78 is 28.5. The molecule has 0 bridgehead atoms. The summed E-state index contributed by atoms with van der Waals surface area (Å²) in [4.78, 5) is 11.5. The third kappa shape index (κ3) is 3.86. The Morgan fingerprint density at radius 3 is 2.60 bits per heavy atom. The third-order valence-electron chi connectivity index (χ3n) is 2.94. The molecule has 1 aromatic carbocycles. The number of aryl methyl sites for hydroxylation is 2. The summed E-state index contributed by atoms with van der Waals surface area (Å²) in [6.45, 7) is 3.26. The van der Waals surface area contributed by atoms with Crippen LogP contribution in [-0.2, 0) is 13.8 Å². The summed E-state index contributed by atoms with van der Waals surface area (Å²) in [5, 5.41) is 2.77. The van der Waals surface area contributed by atoms with Gasteiger partial charge in [0.25, 0.3) is 15.0 Å². The number of hydrogen-bond acceptors (Lipinski definition) is 4. The van der Waals surface area contributed by atoms with E-state index in [0.29, 0.717) is 5.56 Å². The van der Waals surface area contributed by atoms with Crippen molar-refractivity contribution < 1.29 is 17.9 Å². The van der Waals surface area contributed by atoms with E-state index >= 15 is 0 Å². The fraction of sp³-hybridized carbons (Fsp3) is 0.462. The number of amides is 1. The Balaban J connectivity index is 2.19. The van der Waals surface area contributed by atoms with Gasteiger partial charge >= 0.3 is 0 Å². The van der Waals surface area contributed by atoms with Crippen molar-refractivity contribution in [3.05, 3.63) is 23.3 Å². The van der Waals surface area contributed by atoms with Crippen LogP contribution in [0.25, 0.3) is 0 Å². The van der Waals surface area contributed by atoms with Crippen LogP contribution in [0.4, 0.5) is 0 Å². The fourth-order valence-corrected chi connectivity index (χ4v) is 3.03. The Morgan fingerprint density at radius 2 is 2.05 bits per heavy atom. The Bertz CT molecular complexity index is 638. The van der Waals surface area contributed by atoms with Crippen molar-refractivity contribution in [1.29, 1.82) is 0 Å². The van der Waals surface area contributed by atoms with Crippen molar-refractivity contribution in [2.45, 2.75) is 37.6 Å². The predicted octanol–water partition coefficient (Wildman–Crippen LogP) is 1.89. The minimum absolute atomic E-state index is 0.101. The average molecular weight is 318 g/mol. The Labute approximate surface area is 122 Å². The van der Waals surface area contributed by atoms with Crippen LogP contribution in [0.2, 0.25) is 0 Å². The highest BCUT2D eigenvalue weighted by atomic mass is 35.7. The molecule has 0 atom stereocenters. The molecule has 0 aliphatic heterocycles. The molecule has 0 radical (unpaired) electrons. The number of rotatable bonds is 5. The lowest BCUT2D eigenvalue weighted by atomic mass is 10.1. The molecule has 0 unspecified atom stereocenters. The minimum Gasteiger partial charge on any atom is -0.482 e. The second-order valence-corrected chi connectivity index (χ2v) is 7.51. The van der Waals surface area contributed by atoms with Crippen molar-refractivity contribution in [1.82, 2.24) is 5.32 Å². The second-order valence-electron chi connectivity index (χ2n) is 4.98. The van der Waals surface area contributed by atoms with E-state index in [4.69, 9.17) is 15.4 Å². The predicted molar refractivity (Wildman–Crippen MR) is 75.6 cm³/mol. The molecule has 7 heteroatoms. The number of carbonyl (C=O) groups is 1. The van der Waals surface area contributed by atoms with Gasteiger partial charge in [-0.2, -0.15) is 0 Å². The number of carbonyl (C=O) groups excluding carboxylic acids is 1. The summed E-state index contributed by atoms with van der Waals surface area (Å²) >= 11 is 0. The first-order valence-corrected chi connectivity index (χ1v) is 8.56. The van der Waals surface area contributed by atoms with E-state index in [2.05, 4.69) is 5.32 Å². The van der Waals surface area contributed by atoms with E-state index in [0.717, 1.165) is 18.4 Å². The molecule has 0 aromatic heterocycles. The van der Waals surface area contributed by atoms with Crippen LogP contribution < -0.4 is 10.1 Å². The zero-order valence-corrected chi connectivity index (χ0v) is 12.8. The van der Waals surface area contributed by atoms with Gasteiger partial charge in [0.15, 0.2) is 6.61 Å². The molecule has 1 aromatic rings. The number of hydrogen-bond donors (Lipinski definition) is 1. The first kappa shape index (κ1) is 15.1. The van der Waals surface area contributed by atoms with E-state index in [1.165, 1.54) is 6.07 Å². The summed E-state index contributed by atoms with van der Waals surface area (Å²) in [7, 11) is 1.49. The molecule has 1 aliphatic carbocycles. The molecule has 1 amide bonds. The van der Waals surface area contributed by atoms with Crippen LogP contribution in [0.1, 0.15) is 24.0 Å². The molecule has 2 rings (SSSR count). The fourth-order valence-electron chi connectivity index (χ4n) is 1.92. The van der Waals surface area contributed by atoms with Gasteiger partial charge in [-0.1, -0.05) is 6.07 Å². The van der Waals surface area contributed by atoms with Gasteiger partial charge in [0, 0.05) is 16.7 Å². The first-order valence-electron chi connectivity index (χ1n) is 6.25. The SMILES string of the molecule is Cc1cc(C)c(OCC(=O)NC2CC2)c(S(=O)(=O)Cl)c1. The van der Waals surface area contributed by atoms with Crippen molar-refractivity contribution in [2.75, 3.05) is 6.61 Å².